The van der Waals surface area contributed by atoms with E-state index in [1.165, 1.54) is 28.6 Å². The number of carbonyl (C=O) groups is 1. The Morgan fingerprint density at radius 2 is 2.00 bits per heavy atom. The van der Waals surface area contributed by atoms with Gasteiger partial charge in [-0.3, -0.25) is 0 Å². The minimum atomic E-state index is -0.685. The molecule has 2 aromatic rings. The van der Waals surface area contributed by atoms with Crippen LogP contribution < -0.4 is 5.32 Å². The number of fused-ring (bicyclic) bond motifs is 1. The number of rotatable bonds is 4. The summed E-state index contributed by atoms with van der Waals surface area (Å²) in [7, 11) is 0. The monoisotopic (exact) mass is 423 g/mol. The number of benzene rings is 1. The molecule has 1 aliphatic rings. The predicted molar refractivity (Wildman–Crippen MR) is 106 cm³/mol. The van der Waals surface area contributed by atoms with E-state index in [2.05, 4.69) is 20.6 Å². The largest absolute Gasteiger partial charge is 0.444 e. The molecule has 0 spiro atoms. The zero-order chi connectivity index (χ0) is 21.3. The molecule has 0 saturated heterocycles. The van der Waals surface area contributed by atoms with Crippen LogP contribution in [0.3, 0.4) is 0 Å². The van der Waals surface area contributed by atoms with Crippen LogP contribution in [0.2, 0.25) is 0 Å². The molecule has 156 valence electrons. The van der Waals surface area contributed by atoms with E-state index in [1.807, 2.05) is 13.8 Å². The van der Waals surface area contributed by atoms with Gasteiger partial charge in [0.25, 0.3) is 0 Å². The van der Waals surface area contributed by atoms with Gasteiger partial charge in [0.2, 0.25) is 5.16 Å². The molecule has 1 aromatic heterocycles. The summed E-state index contributed by atoms with van der Waals surface area (Å²) in [5, 5.41) is 16.2. The number of aromatic nitrogens is 3. The summed E-state index contributed by atoms with van der Waals surface area (Å²) in [5.74, 6) is -0.596. The van der Waals surface area contributed by atoms with Crippen LogP contribution in [-0.2, 0) is 4.74 Å². The molecular formula is C19H23F2N5O2S. The second-order valence-electron chi connectivity index (χ2n) is 7.98. The van der Waals surface area contributed by atoms with Crippen LogP contribution in [0.4, 0.5) is 13.6 Å². The summed E-state index contributed by atoms with van der Waals surface area (Å²) in [6.45, 7) is 9.18. The van der Waals surface area contributed by atoms with E-state index >= 15 is 0 Å². The summed E-state index contributed by atoms with van der Waals surface area (Å²) in [6.07, 6.45) is -0.578. The van der Waals surface area contributed by atoms with Gasteiger partial charge in [-0.15, -0.1) is 10.2 Å². The molecule has 0 radical (unpaired) electrons. The van der Waals surface area contributed by atoms with Gasteiger partial charge in [-0.1, -0.05) is 25.6 Å². The highest BCUT2D eigenvalue weighted by atomic mass is 32.2. The van der Waals surface area contributed by atoms with Gasteiger partial charge in [0.15, 0.2) is 5.82 Å². The number of hydrogen-bond acceptors (Lipinski definition) is 6. The van der Waals surface area contributed by atoms with Crippen molar-refractivity contribution in [2.75, 3.05) is 5.75 Å². The molecule has 1 unspecified atom stereocenters. The Labute approximate surface area is 171 Å². The molecular weight excluding hydrogens is 400 g/mol. The Morgan fingerprint density at radius 3 is 2.62 bits per heavy atom. The third-order valence-corrected chi connectivity index (χ3v) is 4.98. The molecule has 29 heavy (non-hydrogen) atoms. The molecule has 3 rings (SSSR count). The Hall–Kier alpha value is -2.49. The van der Waals surface area contributed by atoms with Gasteiger partial charge in [-0.25, -0.2) is 13.6 Å². The maximum atomic E-state index is 14.2. The standard InChI is InChI=1S/C19H23F2N5O2S/c1-10(2)15(22-18(27)28-19(3,4)5)16-23-24-17-26(16)25-14(9-29-17)12-7-6-11(20)8-13(12)21/h6-8,10,15H,9H2,1-5H3,(H,22,27). The third-order valence-electron chi connectivity index (χ3n) is 4.05. The van der Waals surface area contributed by atoms with Gasteiger partial charge < -0.3 is 10.1 Å². The molecule has 0 fully saturated rings. The quantitative estimate of drug-likeness (QED) is 0.800. The number of nitrogens with one attached hydrogen (secondary N) is 1. The number of ether oxygens (including phenoxy) is 1. The first-order valence-electron chi connectivity index (χ1n) is 9.16. The van der Waals surface area contributed by atoms with Crippen molar-refractivity contribution >= 4 is 23.6 Å². The van der Waals surface area contributed by atoms with Crippen molar-refractivity contribution in [1.82, 2.24) is 20.2 Å². The Kier molecular flexibility index (Phi) is 5.92. The normalized spacial score (nSPS) is 15.0. The highest BCUT2D eigenvalue weighted by molar-refractivity contribution is 7.99. The number of thioether (sulfide) groups is 1. The lowest BCUT2D eigenvalue weighted by atomic mass is 10.0. The first kappa shape index (κ1) is 21.2. The van der Waals surface area contributed by atoms with Gasteiger partial charge in [0.05, 0.1) is 11.8 Å². The lowest BCUT2D eigenvalue weighted by molar-refractivity contribution is 0.0485. The Bertz CT molecular complexity index is 953. The SMILES string of the molecule is CC(C)C(NC(=O)OC(C)(C)C)c1nnc2n1N=C(c1ccc(F)cc1F)CS2. The number of carbonyl (C=O) groups excluding carboxylic acids is 1. The fourth-order valence-electron chi connectivity index (χ4n) is 2.76. The summed E-state index contributed by atoms with van der Waals surface area (Å²) in [5.41, 5.74) is 0.00295. The number of alkyl carbamates (subject to hydrolysis) is 1. The van der Waals surface area contributed by atoms with Gasteiger partial charge in [0.1, 0.15) is 17.2 Å². The van der Waals surface area contributed by atoms with Crippen LogP contribution in [0, 0.1) is 17.6 Å². The van der Waals surface area contributed by atoms with E-state index in [-0.39, 0.29) is 11.5 Å². The van der Waals surface area contributed by atoms with Crippen molar-refractivity contribution in [3.8, 4) is 0 Å². The van der Waals surface area contributed by atoms with E-state index in [0.717, 1.165) is 6.07 Å². The fraction of sp³-hybridized carbons (Fsp3) is 0.474. The van der Waals surface area contributed by atoms with Crippen molar-refractivity contribution < 1.29 is 18.3 Å². The summed E-state index contributed by atoms with van der Waals surface area (Å²) < 4.78 is 34.3. The van der Waals surface area contributed by atoms with Crippen LogP contribution in [0.15, 0.2) is 28.5 Å². The van der Waals surface area contributed by atoms with E-state index in [4.69, 9.17) is 4.74 Å². The molecule has 7 nitrogen and oxygen atoms in total. The van der Waals surface area contributed by atoms with Gasteiger partial charge >= 0.3 is 6.09 Å². The second kappa shape index (κ2) is 8.10. The smallest absolute Gasteiger partial charge is 0.408 e. The van der Waals surface area contributed by atoms with Gasteiger partial charge in [0, 0.05) is 17.4 Å². The van der Waals surface area contributed by atoms with Crippen LogP contribution in [0.1, 0.15) is 52.0 Å². The average Bonchev–Trinajstić information content (AvgIpc) is 3.00. The molecule has 1 N–H and O–H groups in total. The lowest BCUT2D eigenvalue weighted by Gasteiger charge is -2.25. The zero-order valence-electron chi connectivity index (χ0n) is 16.9. The van der Waals surface area contributed by atoms with E-state index in [1.54, 1.807) is 20.8 Å². The van der Waals surface area contributed by atoms with Crippen LogP contribution >= 0.6 is 11.8 Å². The molecule has 10 heteroatoms. The molecule has 1 aliphatic heterocycles. The molecule has 0 bridgehead atoms. The minimum Gasteiger partial charge on any atom is -0.444 e. The first-order valence-corrected chi connectivity index (χ1v) is 10.1. The predicted octanol–water partition coefficient (Wildman–Crippen LogP) is 4.14. The van der Waals surface area contributed by atoms with E-state index < -0.39 is 29.4 Å². The highest BCUT2D eigenvalue weighted by Crippen LogP contribution is 2.29. The molecule has 0 aliphatic carbocycles. The third kappa shape index (κ3) is 4.92. The molecule has 1 amide bonds. The lowest BCUT2D eigenvalue weighted by Crippen LogP contribution is -2.38. The number of halogens is 2. The average molecular weight is 423 g/mol. The van der Waals surface area contributed by atoms with Crippen LogP contribution in [0.25, 0.3) is 0 Å². The van der Waals surface area contributed by atoms with Gasteiger partial charge in [-0.05, 0) is 38.8 Å². The number of amides is 1. The molecule has 0 saturated carbocycles. The van der Waals surface area contributed by atoms with Crippen molar-refractivity contribution in [1.29, 1.82) is 0 Å². The van der Waals surface area contributed by atoms with Crippen LogP contribution in [0.5, 0.6) is 0 Å². The molecule has 1 atom stereocenters. The van der Waals surface area contributed by atoms with E-state index in [0.29, 0.717) is 22.4 Å². The number of hydrogen-bond donors (Lipinski definition) is 1. The Morgan fingerprint density at radius 1 is 1.28 bits per heavy atom. The first-order chi connectivity index (χ1) is 13.5. The second-order valence-corrected chi connectivity index (χ2v) is 8.92. The van der Waals surface area contributed by atoms with Crippen LogP contribution in [-0.4, -0.2) is 38.0 Å². The highest BCUT2D eigenvalue weighted by Gasteiger charge is 2.30. The molecule has 1 aromatic carbocycles. The fourth-order valence-corrected chi connectivity index (χ4v) is 3.59. The molecule has 2 heterocycles. The maximum absolute atomic E-state index is 14.2. The van der Waals surface area contributed by atoms with Crippen molar-refractivity contribution in [3.63, 3.8) is 0 Å². The minimum absolute atomic E-state index is 0.0380. The van der Waals surface area contributed by atoms with Crippen molar-refractivity contribution in [2.45, 2.75) is 51.4 Å². The summed E-state index contributed by atoms with van der Waals surface area (Å²) >= 11 is 1.34. The maximum Gasteiger partial charge on any atom is 0.408 e. The summed E-state index contributed by atoms with van der Waals surface area (Å²) in [6, 6.07) is 2.85. The topological polar surface area (TPSA) is 81.4 Å². The van der Waals surface area contributed by atoms with Crippen molar-refractivity contribution in [3.05, 3.63) is 41.2 Å². The number of nitrogens with zero attached hydrogens (tertiary/aromatic N) is 4. The summed E-state index contributed by atoms with van der Waals surface area (Å²) in [4.78, 5) is 12.3. The zero-order valence-corrected chi connectivity index (χ0v) is 17.7. The van der Waals surface area contributed by atoms with E-state index in [9.17, 15) is 13.6 Å². The van der Waals surface area contributed by atoms with Crippen molar-refractivity contribution in [2.24, 2.45) is 11.0 Å². The van der Waals surface area contributed by atoms with Gasteiger partial charge in [-0.2, -0.15) is 9.78 Å². The Balaban J connectivity index is 1.94.